The van der Waals surface area contributed by atoms with E-state index < -0.39 is 0 Å². The summed E-state index contributed by atoms with van der Waals surface area (Å²) in [4.78, 5) is 2.53. The van der Waals surface area contributed by atoms with Crippen LogP contribution in [0, 0.1) is 0 Å². The van der Waals surface area contributed by atoms with Gasteiger partial charge in [0, 0.05) is 24.7 Å². The van der Waals surface area contributed by atoms with E-state index in [0.717, 1.165) is 31.4 Å². The smallest absolute Gasteiger partial charge is 0.117 e. The van der Waals surface area contributed by atoms with Crippen molar-refractivity contribution in [2.45, 2.75) is 51.7 Å². The van der Waals surface area contributed by atoms with Crippen molar-refractivity contribution >= 4 is 0 Å². The van der Waals surface area contributed by atoms with Gasteiger partial charge in [0.15, 0.2) is 0 Å². The molecule has 0 aliphatic heterocycles. The molecule has 0 atom stereocenters. The first-order valence-corrected chi connectivity index (χ1v) is 6.56. The number of nitrogens with zero attached hydrogens (tertiary/aromatic N) is 1. The van der Waals surface area contributed by atoms with Gasteiger partial charge in [0.25, 0.3) is 0 Å². The molecule has 3 heteroatoms. The first-order valence-electron chi connectivity index (χ1n) is 6.56. The van der Waals surface area contributed by atoms with Crippen molar-refractivity contribution in [3.63, 3.8) is 0 Å². The van der Waals surface area contributed by atoms with Crippen molar-refractivity contribution < 1.29 is 4.42 Å². The molecular weight excluding hydrogens is 212 g/mol. The minimum Gasteiger partial charge on any atom is -0.468 e. The quantitative estimate of drug-likeness (QED) is 0.823. The van der Waals surface area contributed by atoms with Crippen LogP contribution < -0.4 is 5.32 Å². The van der Waals surface area contributed by atoms with Gasteiger partial charge in [0.2, 0.25) is 0 Å². The van der Waals surface area contributed by atoms with Crippen LogP contribution >= 0.6 is 0 Å². The fourth-order valence-electron chi connectivity index (χ4n) is 2.01. The first-order chi connectivity index (χ1) is 8.04. The molecule has 1 aliphatic carbocycles. The maximum atomic E-state index is 5.43. The summed E-state index contributed by atoms with van der Waals surface area (Å²) >= 11 is 0. The zero-order valence-corrected chi connectivity index (χ0v) is 11.2. The zero-order valence-electron chi connectivity index (χ0n) is 11.2. The standard InChI is InChI=1S/C14H24N2O/c1-14(2,3)15-8-9-16(12-6-7-12)11-13-5-4-10-17-13/h4-5,10,12,15H,6-9,11H2,1-3H3. The molecule has 0 saturated heterocycles. The molecule has 2 rings (SSSR count). The molecule has 0 radical (unpaired) electrons. The number of hydrogen-bond acceptors (Lipinski definition) is 3. The molecule has 96 valence electrons. The normalized spacial score (nSPS) is 16.7. The Hall–Kier alpha value is -0.800. The summed E-state index contributed by atoms with van der Waals surface area (Å²) in [6, 6.07) is 4.81. The van der Waals surface area contributed by atoms with Crippen LogP contribution in [-0.4, -0.2) is 29.6 Å². The highest BCUT2D eigenvalue weighted by Gasteiger charge is 2.29. The lowest BCUT2D eigenvalue weighted by Gasteiger charge is -2.25. The molecular formula is C14H24N2O. The second-order valence-corrected chi connectivity index (χ2v) is 5.96. The molecule has 0 bridgehead atoms. The molecule has 1 aromatic heterocycles. The van der Waals surface area contributed by atoms with Gasteiger partial charge >= 0.3 is 0 Å². The van der Waals surface area contributed by atoms with Crippen LogP contribution in [0.5, 0.6) is 0 Å². The summed E-state index contributed by atoms with van der Waals surface area (Å²) in [5, 5.41) is 3.54. The summed E-state index contributed by atoms with van der Waals surface area (Å²) < 4.78 is 5.43. The fourth-order valence-corrected chi connectivity index (χ4v) is 2.01. The minimum atomic E-state index is 0.208. The first kappa shape index (κ1) is 12.7. The molecule has 0 unspecified atom stereocenters. The summed E-state index contributed by atoms with van der Waals surface area (Å²) in [5.41, 5.74) is 0.208. The minimum absolute atomic E-state index is 0.208. The molecule has 0 spiro atoms. The highest BCUT2D eigenvalue weighted by Crippen LogP contribution is 2.27. The number of furan rings is 1. The van der Waals surface area contributed by atoms with Crippen LogP contribution in [-0.2, 0) is 6.54 Å². The van der Waals surface area contributed by atoms with Crippen molar-refractivity contribution in [3.05, 3.63) is 24.2 Å². The molecule has 1 heterocycles. The van der Waals surface area contributed by atoms with E-state index in [1.165, 1.54) is 12.8 Å². The van der Waals surface area contributed by atoms with Gasteiger partial charge < -0.3 is 9.73 Å². The summed E-state index contributed by atoms with van der Waals surface area (Å²) in [5.74, 6) is 1.08. The Labute approximate surface area is 104 Å². The van der Waals surface area contributed by atoms with Crippen LogP contribution in [0.2, 0.25) is 0 Å². The molecule has 1 saturated carbocycles. The van der Waals surface area contributed by atoms with E-state index in [0.29, 0.717) is 0 Å². The van der Waals surface area contributed by atoms with Gasteiger partial charge in [-0.3, -0.25) is 4.90 Å². The van der Waals surface area contributed by atoms with Gasteiger partial charge in [-0.1, -0.05) is 0 Å². The van der Waals surface area contributed by atoms with Gasteiger partial charge in [0.05, 0.1) is 12.8 Å². The average molecular weight is 236 g/mol. The fraction of sp³-hybridized carbons (Fsp3) is 0.714. The monoisotopic (exact) mass is 236 g/mol. The van der Waals surface area contributed by atoms with Crippen LogP contribution in [0.1, 0.15) is 39.4 Å². The van der Waals surface area contributed by atoms with E-state index in [1.807, 2.05) is 6.07 Å². The Kier molecular flexibility index (Phi) is 3.89. The lowest BCUT2D eigenvalue weighted by Crippen LogP contribution is -2.41. The van der Waals surface area contributed by atoms with Gasteiger partial charge in [0.1, 0.15) is 5.76 Å². The van der Waals surface area contributed by atoms with Crippen molar-refractivity contribution in [2.24, 2.45) is 0 Å². The van der Waals surface area contributed by atoms with E-state index >= 15 is 0 Å². The third-order valence-electron chi connectivity index (χ3n) is 3.06. The number of nitrogens with one attached hydrogen (secondary N) is 1. The second kappa shape index (κ2) is 5.23. The van der Waals surface area contributed by atoms with E-state index in [-0.39, 0.29) is 5.54 Å². The Morgan fingerprint density at radius 3 is 2.71 bits per heavy atom. The maximum Gasteiger partial charge on any atom is 0.117 e. The predicted molar refractivity (Wildman–Crippen MR) is 69.9 cm³/mol. The van der Waals surface area contributed by atoms with Crippen LogP contribution in [0.15, 0.2) is 22.8 Å². The Bertz CT molecular complexity index is 322. The predicted octanol–water partition coefficient (Wildman–Crippen LogP) is 2.63. The average Bonchev–Trinajstić information content (AvgIpc) is 2.95. The largest absolute Gasteiger partial charge is 0.468 e. The lowest BCUT2D eigenvalue weighted by molar-refractivity contribution is 0.226. The number of hydrogen-bond donors (Lipinski definition) is 1. The Morgan fingerprint density at radius 2 is 2.18 bits per heavy atom. The highest BCUT2D eigenvalue weighted by molar-refractivity contribution is 4.99. The van der Waals surface area contributed by atoms with E-state index in [1.54, 1.807) is 6.26 Å². The van der Waals surface area contributed by atoms with Crippen molar-refractivity contribution in [2.75, 3.05) is 13.1 Å². The molecule has 0 amide bonds. The molecule has 17 heavy (non-hydrogen) atoms. The molecule has 0 aromatic carbocycles. The maximum absolute atomic E-state index is 5.43. The second-order valence-electron chi connectivity index (χ2n) is 5.96. The molecule has 1 aromatic rings. The molecule has 3 nitrogen and oxygen atoms in total. The van der Waals surface area contributed by atoms with E-state index in [9.17, 15) is 0 Å². The molecule has 1 N–H and O–H groups in total. The lowest BCUT2D eigenvalue weighted by atomic mass is 10.1. The van der Waals surface area contributed by atoms with Crippen LogP contribution in [0.3, 0.4) is 0 Å². The van der Waals surface area contributed by atoms with Gasteiger partial charge in [-0.15, -0.1) is 0 Å². The summed E-state index contributed by atoms with van der Waals surface area (Å²) in [7, 11) is 0. The van der Waals surface area contributed by atoms with Gasteiger partial charge in [-0.05, 0) is 45.7 Å². The SMILES string of the molecule is CC(C)(C)NCCN(Cc1ccco1)C1CC1. The van der Waals surface area contributed by atoms with Crippen LogP contribution in [0.25, 0.3) is 0 Å². The summed E-state index contributed by atoms with van der Waals surface area (Å²) in [6.45, 7) is 9.72. The van der Waals surface area contributed by atoms with Gasteiger partial charge in [-0.2, -0.15) is 0 Å². The van der Waals surface area contributed by atoms with Crippen molar-refractivity contribution in [1.29, 1.82) is 0 Å². The Balaban J connectivity index is 1.77. The van der Waals surface area contributed by atoms with Crippen molar-refractivity contribution in [1.82, 2.24) is 10.2 Å². The van der Waals surface area contributed by atoms with Gasteiger partial charge in [-0.25, -0.2) is 0 Å². The van der Waals surface area contributed by atoms with Crippen LogP contribution in [0.4, 0.5) is 0 Å². The third-order valence-corrected chi connectivity index (χ3v) is 3.06. The Morgan fingerprint density at radius 1 is 1.41 bits per heavy atom. The van der Waals surface area contributed by atoms with E-state index in [2.05, 4.69) is 37.1 Å². The molecule has 1 fully saturated rings. The number of rotatable bonds is 6. The zero-order chi connectivity index (χ0) is 12.3. The summed E-state index contributed by atoms with van der Waals surface area (Å²) in [6.07, 6.45) is 4.44. The third kappa shape index (κ3) is 4.52. The topological polar surface area (TPSA) is 28.4 Å². The highest BCUT2D eigenvalue weighted by atomic mass is 16.3. The van der Waals surface area contributed by atoms with Crippen molar-refractivity contribution in [3.8, 4) is 0 Å². The van der Waals surface area contributed by atoms with E-state index in [4.69, 9.17) is 4.42 Å². The molecule has 1 aliphatic rings.